The summed E-state index contributed by atoms with van der Waals surface area (Å²) in [4.78, 5) is 10.4. The van der Waals surface area contributed by atoms with Crippen LogP contribution in [0.25, 0.3) is 0 Å². The van der Waals surface area contributed by atoms with E-state index in [0.717, 1.165) is 11.3 Å². The van der Waals surface area contributed by atoms with Gasteiger partial charge in [0.15, 0.2) is 0 Å². The summed E-state index contributed by atoms with van der Waals surface area (Å²) in [5, 5.41) is 10.8. The minimum atomic E-state index is -0.412. The molecule has 2 aromatic carbocycles. The lowest BCUT2D eigenvalue weighted by atomic mass is 9.75. The monoisotopic (exact) mass is 327 g/mol. The van der Waals surface area contributed by atoms with Gasteiger partial charge in [-0.3, -0.25) is 10.1 Å². The van der Waals surface area contributed by atoms with Crippen molar-refractivity contribution in [1.29, 1.82) is 0 Å². The van der Waals surface area contributed by atoms with Crippen molar-refractivity contribution < 1.29 is 9.66 Å². The Balaban J connectivity index is 2.49. The average molecular weight is 327 g/mol. The van der Waals surface area contributed by atoms with Crippen LogP contribution in [-0.2, 0) is 10.8 Å². The van der Waals surface area contributed by atoms with Gasteiger partial charge >= 0.3 is 0 Å². The zero-order chi connectivity index (χ0) is 18.1. The number of non-ortho nitro benzene ring substituents is 1. The van der Waals surface area contributed by atoms with Crippen molar-refractivity contribution in [2.75, 3.05) is 0 Å². The summed E-state index contributed by atoms with van der Waals surface area (Å²) in [6, 6.07) is 12.3. The van der Waals surface area contributed by atoms with E-state index in [1.54, 1.807) is 12.1 Å². The first-order chi connectivity index (χ1) is 11.0. The van der Waals surface area contributed by atoms with Crippen LogP contribution < -0.4 is 4.74 Å². The molecule has 0 unspecified atom stereocenters. The topological polar surface area (TPSA) is 52.4 Å². The van der Waals surface area contributed by atoms with E-state index in [0.29, 0.717) is 5.75 Å². The number of ether oxygens (including phenoxy) is 1. The predicted molar refractivity (Wildman–Crippen MR) is 97.0 cm³/mol. The Labute approximate surface area is 143 Å². The van der Waals surface area contributed by atoms with Gasteiger partial charge in [-0.25, -0.2) is 0 Å². The van der Waals surface area contributed by atoms with Crippen molar-refractivity contribution in [1.82, 2.24) is 0 Å². The van der Waals surface area contributed by atoms with Crippen LogP contribution >= 0.6 is 0 Å². The standard InChI is InChI=1S/C20H25NO3/c1-19(2,3)16-8-7-9-17(18(16)20(4,5)6)24-15-12-10-14(11-13-15)21(22)23/h7-13H,1-6H3. The highest BCUT2D eigenvalue weighted by Gasteiger charge is 2.28. The van der Waals surface area contributed by atoms with Crippen LogP contribution in [0.2, 0.25) is 0 Å². The minimum absolute atomic E-state index is 0.00252. The van der Waals surface area contributed by atoms with Gasteiger partial charge in [0, 0.05) is 17.7 Å². The van der Waals surface area contributed by atoms with Crippen molar-refractivity contribution in [3.05, 3.63) is 63.7 Å². The number of nitro groups is 1. The molecule has 4 nitrogen and oxygen atoms in total. The van der Waals surface area contributed by atoms with Crippen LogP contribution in [0.5, 0.6) is 11.5 Å². The van der Waals surface area contributed by atoms with E-state index < -0.39 is 4.92 Å². The number of benzene rings is 2. The number of nitrogens with zero attached hydrogens (tertiary/aromatic N) is 1. The molecule has 0 aromatic heterocycles. The first-order valence-electron chi connectivity index (χ1n) is 8.06. The molecule has 4 heteroatoms. The van der Waals surface area contributed by atoms with Gasteiger partial charge in [0.25, 0.3) is 5.69 Å². The molecule has 0 bridgehead atoms. The normalized spacial score (nSPS) is 12.1. The van der Waals surface area contributed by atoms with Crippen molar-refractivity contribution in [3.63, 3.8) is 0 Å². The Hall–Kier alpha value is -2.36. The highest BCUT2D eigenvalue weighted by molar-refractivity contribution is 5.50. The number of hydrogen-bond acceptors (Lipinski definition) is 3. The van der Waals surface area contributed by atoms with Gasteiger partial charge in [-0.15, -0.1) is 0 Å². The van der Waals surface area contributed by atoms with E-state index in [-0.39, 0.29) is 16.5 Å². The van der Waals surface area contributed by atoms with Crippen LogP contribution in [-0.4, -0.2) is 4.92 Å². The maximum Gasteiger partial charge on any atom is 0.269 e. The molecule has 0 fully saturated rings. The molecule has 0 atom stereocenters. The fraction of sp³-hybridized carbons (Fsp3) is 0.400. The van der Waals surface area contributed by atoms with Crippen LogP contribution in [0, 0.1) is 10.1 Å². The van der Waals surface area contributed by atoms with Crippen molar-refractivity contribution in [3.8, 4) is 11.5 Å². The number of nitro benzene ring substituents is 1. The Morgan fingerprint density at radius 2 is 1.46 bits per heavy atom. The third kappa shape index (κ3) is 3.94. The summed E-state index contributed by atoms with van der Waals surface area (Å²) in [6.07, 6.45) is 0. The fourth-order valence-corrected chi connectivity index (χ4v) is 2.78. The van der Waals surface area contributed by atoms with Crippen molar-refractivity contribution >= 4 is 5.69 Å². The molecule has 0 aliphatic heterocycles. The summed E-state index contributed by atoms with van der Waals surface area (Å²) in [7, 11) is 0. The molecular formula is C20H25NO3. The quantitative estimate of drug-likeness (QED) is 0.514. The van der Waals surface area contributed by atoms with Crippen LogP contribution in [0.1, 0.15) is 52.7 Å². The molecule has 0 heterocycles. The van der Waals surface area contributed by atoms with E-state index in [9.17, 15) is 10.1 Å². The molecule has 24 heavy (non-hydrogen) atoms. The highest BCUT2D eigenvalue weighted by Crippen LogP contribution is 2.41. The fourth-order valence-electron chi connectivity index (χ4n) is 2.78. The third-order valence-corrected chi connectivity index (χ3v) is 3.86. The summed E-state index contributed by atoms with van der Waals surface area (Å²) in [5.41, 5.74) is 2.38. The van der Waals surface area contributed by atoms with Crippen molar-refractivity contribution in [2.24, 2.45) is 0 Å². The Morgan fingerprint density at radius 3 is 1.92 bits per heavy atom. The predicted octanol–water partition coefficient (Wildman–Crippen LogP) is 5.98. The molecule has 2 rings (SSSR count). The molecule has 0 saturated carbocycles. The first-order valence-corrected chi connectivity index (χ1v) is 8.06. The molecule has 0 N–H and O–H groups in total. The van der Waals surface area contributed by atoms with Gasteiger partial charge in [-0.05, 0) is 34.6 Å². The molecule has 0 amide bonds. The van der Waals surface area contributed by atoms with E-state index in [4.69, 9.17) is 4.74 Å². The van der Waals surface area contributed by atoms with E-state index >= 15 is 0 Å². The molecule has 0 aliphatic carbocycles. The van der Waals surface area contributed by atoms with E-state index in [1.807, 2.05) is 12.1 Å². The molecule has 0 saturated heterocycles. The smallest absolute Gasteiger partial charge is 0.269 e. The van der Waals surface area contributed by atoms with Gasteiger partial charge < -0.3 is 4.74 Å². The second-order valence-corrected chi connectivity index (χ2v) is 8.03. The van der Waals surface area contributed by atoms with Crippen LogP contribution in [0.15, 0.2) is 42.5 Å². The Morgan fingerprint density at radius 1 is 0.875 bits per heavy atom. The zero-order valence-electron chi connectivity index (χ0n) is 15.2. The zero-order valence-corrected chi connectivity index (χ0v) is 15.2. The molecule has 128 valence electrons. The second-order valence-electron chi connectivity index (χ2n) is 8.03. The maximum atomic E-state index is 10.8. The Bertz CT molecular complexity index is 735. The molecule has 0 spiro atoms. The largest absolute Gasteiger partial charge is 0.457 e. The van der Waals surface area contributed by atoms with Crippen molar-refractivity contribution in [2.45, 2.75) is 52.4 Å². The summed E-state index contributed by atoms with van der Waals surface area (Å²) in [5.74, 6) is 1.39. The highest BCUT2D eigenvalue weighted by atomic mass is 16.6. The van der Waals surface area contributed by atoms with Gasteiger partial charge in [0.05, 0.1) is 4.92 Å². The van der Waals surface area contributed by atoms with E-state index in [2.05, 4.69) is 47.6 Å². The Kier molecular flexibility index (Phi) is 4.70. The first kappa shape index (κ1) is 18.0. The molecule has 2 aromatic rings. The minimum Gasteiger partial charge on any atom is -0.457 e. The van der Waals surface area contributed by atoms with Gasteiger partial charge in [-0.1, -0.05) is 53.7 Å². The summed E-state index contributed by atoms with van der Waals surface area (Å²) >= 11 is 0. The van der Waals surface area contributed by atoms with Gasteiger partial charge in [-0.2, -0.15) is 0 Å². The molecule has 0 radical (unpaired) electrons. The van der Waals surface area contributed by atoms with Gasteiger partial charge in [0.1, 0.15) is 11.5 Å². The molecular weight excluding hydrogens is 302 g/mol. The maximum absolute atomic E-state index is 10.8. The van der Waals surface area contributed by atoms with Gasteiger partial charge in [0.2, 0.25) is 0 Å². The van der Waals surface area contributed by atoms with E-state index in [1.165, 1.54) is 17.7 Å². The summed E-state index contributed by atoms with van der Waals surface area (Å²) < 4.78 is 6.08. The summed E-state index contributed by atoms with van der Waals surface area (Å²) in [6.45, 7) is 13.1. The lowest BCUT2D eigenvalue weighted by molar-refractivity contribution is -0.384. The van der Waals surface area contributed by atoms with Crippen LogP contribution in [0.4, 0.5) is 5.69 Å². The van der Waals surface area contributed by atoms with Crippen LogP contribution in [0.3, 0.4) is 0 Å². The average Bonchev–Trinajstić information content (AvgIpc) is 2.45. The lowest BCUT2D eigenvalue weighted by Gasteiger charge is -2.31. The second kappa shape index (κ2) is 6.27. The SMILES string of the molecule is CC(C)(C)c1cccc(Oc2ccc([N+](=O)[O-])cc2)c1C(C)(C)C. The number of hydrogen-bond donors (Lipinski definition) is 0. The lowest BCUT2D eigenvalue weighted by Crippen LogP contribution is -2.22. The third-order valence-electron chi connectivity index (χ3n) is 3.86. The number of rotatable bonds is 3. The molecule has 0 aliphatic rings.